The van der Waals surface area contributed by atoms with Gasteiger partial charge in [-0.25, -0.2) is 0 Å². The van der Waals surface area contributed by atoms with E-state index in [-0.39, 0.29) is 10.9 Å². The third-order valence-electron chi connectivity index (χ3n) is 5.72. The topological polar surface area (TPSA) is 41.8 Å². The molecule has 3 nitrogen and oxygen atoms in total. The lowest BCUT2D eigenvalue weighted by atomic mass is 9.91. The highest BCUT2D eigenvalue weighted by atomic mass is 31.1. The van der Waals surface area contributed by atoms with Crippen LogP contribution in [0.15, 0.2) is 71.7 Å². The van der Waals surface area contributed by atoms with Gasteiger partial charge >= 0.3 is 0 Å². The molecule has 0 fully saturated rings. The second kappa shape index (κ2) is 9.91. The summed E-state index contributed by atoms with van der Waals surface area (Å²) in [6, 6.07) is 22.2. The van der Waals surface area contributed by atoms with E-state index < -0.39 is 0 Å². The molecule has 4 heteroatoms. The summed E-state index contributed by atoms with van der Waals surface area (Å²) >= 11 is 0. The Morgan fingerprint density at radius 1 is 0.967 bits per heavy atom. The maximum absolute atomic E-state index is 10.9. The van der Waals surface area contributed by atoms with E-state index in [1.54, 1.807) is 7.11 Å². The summed E-state index contributed by atoms with van der Waals surface area (Å²) in [5.41, 5.74) is 4.28. The van der Waals surface area contributed by atoms with Crippen LogP contribution in [-0.4, -0.2) is 18.4 Å². The maximum atomic E-state index is 10.9. The predicted molar refractivity (Wildman–Crippen MR) is 130 cm³/mol. The minimum Gasteiger partial charge on any atom is -0.504 e. The van der Waals surface area contributed by atoms with Crippen molar-refractivity contribution < 1.29 is 9.84 Å². The molecule has 3 aromatic carbocycles. The predicted octanol–water partition coefficient (Wildman–Crippen LogP) is 6.48. The van der Waals surface area contributed by atoms with E-state index in [2.05, 4.69) is 44.0 Å². The number of phenolic OH excluding ortho intramolecular Hbond substituents is 1. The van der Waals surface area contributed by atoms with E-state index in [0.29, 0.717) is 14.3 Å². The zero-order valence-electron chi connectivity index (χ0n) is 18.1. The van der Waals surface area contributed by atoms with E-state index in [1.807, 2.05) is 54.7 Å². The standard InChI is InChI=1S/C26H30NO2P/c1-5-26(6-2,22-16-11-17-23(29-4)24(22)28)30-25-19(3)12-10-13-20(25)18-27-21-14-8-7-9-15-21/h7-18,28,30H,5-6H2,1-4H3. The Balaban J connectivity index is 2.06. The van der Waals surface area contributed by atoms with Crippen LogP contribution < -0.4 is 10.0 Å². The van der Waals surface area contributed by atoms with Gasteiger partial charge in [-0.3, -0.25) is 4.99 Å². The number of hydrogen-bond acceptors (Lipinski definition) is 3. The van der Waals surface area contributed by atoms with E-state index in [9.17, 15) is 5.11 Å². The number of phenols is 1. The van der Waals surface area contributed by atoms with Crippen LogP contribution in [0.3, 0.4) is 0 Å². The van der Waals surface area contributed by atoms with Crippen LogP contribution in [0.25, 0.3) is 0 Å². The molecule has 3 rings (SSSR count). The molecule has 0 saturated heterocycles. The minimum absolute atomic E-state index is 0.167. The Bertz CT molecular complexity index is 1010. The lowest BCUT2D eigenvalue weighted by Crippen LogP contribution is -2.24. The van der Waals surface area contributed by atoms with E-state index in [4.69, 9.17) is 4.74 Å². The van der Waals surface area contributed by atoms with Crippen LogP contribution in [0.2, 0.25) is 0 Å². The van der Waals surface area contributed by atoms with Gasteiger partial charge in [0, 0.05) is 22.5 Å². The fourth-order valence-electron chi connectivity index (χ4n) is 3.81. The SMILES string of the molecule is CCC(CC)(Pc1c(C)cccc1C=Nc1ccccc1)c1cccc(OC)c1O. The van der Waals surface area contributed by atoms with Gasteiger partial charge in [0.05, 0.1) is 12.8 Å². The van der Waals surface area contributed by atoms with Crippen LogP contribution in [0.5, 0.6) is 11.5 Å². The molecule has 1 atom stereocenters. The van der Waals surface area contributed by atoms with Crippen molar-refractivity contribution in [1.82, 2.24) is 0 Å². The Kier molecular flexibility index (Phi) is 7.29. The number of benzene rings is 3. The second-order valence-electron chi connectivity index (χ2n) is 7.40. The molecule has 30 heavy (non-hydrogen) atoms. The van der Waals surface area contributed by atoms with E-state index >= 15 is 0 Å². The Labute approximate surface area is 181 Å². The van der Waals surface area contributed by atoms with Crippen molar-refractivity contribution in [2.45, 2.75) is 38.8 Å². The molecule has 0 aromatic heterocycles. The number of rotatable bonds is 8. The summed E-state index contributed by atoms with van der Waals surface area (Å²) in [6.07, 6.45) is 3.81. The summed E-state index contributed by atoms with van der Waals surface area (Å²) in [4.78, 5) is 4.69. The van der Waals surface area contributed by atoms with Crippen LogP contribution in [0.1, 0.15) is 43.4 Å². The number of hydrogen-bond donors (Lipinski definition) is 1. The average molecular weight is 420 g/mol. The molecule has 0 amide bonds. The zero-order valence-corrected chi connectivity index (χ0v) is 19.1. The smallest absolute Gasteiger partial charge is 0.161 e. The van der Waals surface area contributed by atoms with Gasteiger partial charge in [0.25, 0.3) is 0 Å². The quantitative estimate of drug-likeness (QED) is 0.335. The summed E-state index contributed by atoms with van der Waals surface area (Å²) < 4.78 is 5.39. The van der Waals surface area contributed by atoms with Crippen LogP contribution in [0.4, 0.5) is 5.69 Å². The third-order valence-corrected chi connectivity index (χ3v) is 8.11. The monoisotopic (exact) mass is 419 g/mol. The highest BCUT2D eigenvalue weighted by Crippen LogP contribution is 2.52. The second-order valence-corrected chi connectivity index (χ2v) is 9.11. The van der Waals surface area contributed by atoms with Crippen LogP contribution >= 0.6 is 8.58 Å². The number of methoxy groups -OCH3 is 1. The highest BCUT2D eigenvalue weighted by molar-refractivity contribution is 7.49. The summed E-state index contributed by atoms with van der Waals surface area (Å²) in [7, 11) is 2.09. The third kappa shape index (κ3) is 4.57. The van der Waals surface area contributed by atoms with Crippen molar-refractivity contribution in [1.29, 1.82) is 0 Å². The Morgan fingerprint density at radius 3 is 2.33 bits per heavy atom. The molecule has 0 spiro atoms. The summed E-state index contributed by atoms with van der Waals surface area (Å²) in [6.45, 7) is 6.56. The first-order valence-electron chi connectivity index (χ1n) is 10.4. The molecule has 0 saturated carbocycles. The molecule has 1 unspecified atom stereocenters. The minimum atomic E-state index is -0.167. The first-order valence-corrected chi connectivity index (χ1v) is 11.4. The molecule has 1 N–H and O–H groups in total. The molecule has 156 valence electrons. The molecule has 0 aliphatic heterocycles. The van der Waals surface area contributed by atoms with Crippen molar-refractivity contribution in [3.8, 4) is 11.5 Å². The van der Waals surface area contributed by atoms with Crippen molar-refractivity contribution >= 4 is 25.8 Å². The normalized spacial score (nSPS) is 12.1. The van der Waals surface area contributed by atoms with Gasteiger partial charge in [-0.05, 0) is 48.8 Å². The highest BCUT2D eigenvalue weighted by Gasteiger charge is 2.33. The molecule has 0 aliphatic carbocycles. The number of nitrogens with zero attached hydrogens (tertiary/aromatic N) is 1. The lowest BCUT2D eigenvalue weighted by Gasteiger charge is -2.34. The van der Waals surface area contributed by atoms with Crippen molar-refractivity contribution in [2.24, 2.45) is 4.99 Å². The molecular formula is C26H30NO2P. The molecule has 3 aromatic rings. The largest absolute Gasteiger partial charge is 0.504 e. The van der Waals surface area contributed by atoms with E-state index in [0.717, 1.165) is 29.7 Å². The van der Waals surface area contributed by atoms with Gasteiger partial charge in [-0.2, -0.15) is 0 Å². The fourth-order valence-corrected chi connectivity index (χ4v) is 5.56. The molecule has 0 bridgehead atoms. The van der Waals surface area contributed by atoms with Gasteiger partial charge in [0.15, 0.2) is 11.5 Å². The van der Waals surface area contributed by atoms with Gasteiger partial charge in [-0.15, -0.1) is 0 Å². The van der Waals surface area contributed by atoms with Gasteiger partial charge < -0.3 is 9.84 Å². The number of aliphatic imine (C=N–C) groups is 1. The first-order chi connectivity index (χ1) is 14.5. The summed E-state index contributed by atoms with van der Waals surface area (Å²) in [5, 5.41) is 12.0. The summed E-state index contributed by atoms with van der Waals surface area (Å²) in [5.74, 6) is 0.781. The maximum Gasteiger partial charge on any atom is 0.161 e. The molecule has 0 radical (unpaired) electrons. The number of ether oxygens (including phenoxy) is 1. The number of aromatic hydroxyl groups is 1. The fraction of sp³-hybridized carbons (Fsp3) is 0.269. The Hall–Kier alpha value is -2.64. The number of aryl methyl sites for hydroxylation is 1. The average Bonchev–Trinajstić information content (AvgIpc) is 2.78. The van der Waals surface area contributed by atoms with Gasteiger partial charge in [-0.1, -0.05) is 71.0 Å². The van der Waals surface area contributed by atoms with Crippen LogP contribution in [-0.2, 0) is 5.16 Å². The van der Waals surface area contributed by atoms with Crippen molar-refractivity contribution in [2.75, 3.05) is 7.11 Å². The lowest BCUT2D eigenvalue weighted by molar-refractivity contribution is 0.365. The molecule has 0 heterocycles. The Morgan fingerprint density at radius 2 is 1.67 bits per heavy atom. The van der Waals surface area contributed by atoms with Gasteiger partial charge in [0.1, 0.15) is 0 Å². The van der Waals surface area contributed by atoms with Crippen molar-refractivity contribution in [3.05, 3.63) is 83.4 Å². The molecular weight excluding hydrogens is 389 g/mol. The first kappa shape index (κ1) is 22.1. The van der Waals surface area contributed by atoms with Gasteiger partial charge in [0.2, 0.25) is 0 Å². The molecule has 0 aliphatic rings. The van der Waals surface area contributed by atoms with Crippen molar-refractivity contribution in [3.63, 3.8) is 0 Å². The van der Waals surface area contributed by atoms with E-state index in [1.165, 1.54) is 10.9 Å². The zero-order chi connectivity index (χ0) is 21.6. The van der Waals surface area contributed by atoms with Crippen LogP contribution in [0, 0.1) is 6.92 Å². The number of para-hydroxylation sites is 2.